The van der Waals surface area contributed by atoms with Crippen LogP contribution in [0, 0.1) is 0 Å². The predicted molar refractivity (Wildman–Crippen MR) is 90.6 cm³/mol. The van der Waals surface area contributed by atoms with Crippen molar-refractivity contribution >= 4 is 23.1 Å². The molecule has 1 N–H and O–H groups in total. The summed E-state index contributed by atoms with van der Waals surface area (Å²) in [5.41, 5.74) is 1.06. The van der Waals surface area contributed by atoms with Crippen LogP contribution in [0.2, 0.25) is 0 Å². The van der Waals surface area contributed by atoms with Gasteiger partial charge in [0, 0.05) is 13.1 Å². The third-order valence-corrected chi connectivity index (χ3v) is 4.18. The quantitative estimate of drug-likeness (QED) is 0.898. The van der Waals surface area contributed by atoms with E-state index < -0.39 is 11.6 Å². The van der Waals surface area contributed by atoms with Crippen molar-refractivity contribution in [3.63, 3.8) is 0 Å². The van der Waals surface area contributed by atoms with E-state index in [4.69, 9.17) is 9.84 Å². The van der Waals surface area contributed by atoms with Crippen LogP contribution in [0.3, 0.4) is 0 Å². The van der Waals surface area contributed by atoms with Crippen molar-refractivity contribution in [1.82, 2.24) is 19.9 Å². The molecule has 134 valence electrons. The van der Waals surface area contributed by atoms with Gasteiger partial charge in [0.15, 0.2) is 0 Å². The lowest BCUT2D eigenvalue weighted by Crippen LogP contribution is -2.42. The highest BCUT2D eigenvalue weighted by Gasteiger charge is 2.28. The number of fused-ring (bicyclic) bond motifs is 1. The minimum atomic E-state index is -0.984. The average molecular weight is 346 g/mol. The van der Waals surface area contributed by atoms with E-state index in [1.54, 1.807) is 17.0 Å². The summed E-state index contributed by atoms with van der Waals surface area (Å²) in [7, 11) is 0. The van der Waals surface area contributed by atoms with Crippen LogP contribution < -0.4 is 0 Å². The molecule has 0 spiro atoms. The van der Waals surface area contributed by atoms with Gasteiger partial charge in [0.1, 0.15) is 11.1 Å². The fraction of sp³-hybridized carbons (Fsp3) is 0.529. The number of rotatable bonds is 2. The van der Waals surface area contributed by atoms with Gasteiger partial charge in [-0.05, 0) is 51.8 Å². The minimum absolute atomic E-state index is 0.124. The molecule has 0 unspecified atom stereocenters. The Bertz CT molecular complexity index is 801. The molecule has 25 heavy (non-hydrogen) atoms. The molecular formula is C17H22N4O4. The number of benzene rings is 1. The number of likely N-dealkylation sites (tertiary alicyclic amines) is 1. The number of carbonyl (C=O) groups is 2. The molecule has 1 aromatic carbocycles. The lowest BCUT2D eigenvalue weighted by atomic mass is 10.1. The molecule has 1 amide bonds. The molecule has 0 radical (unpaired) electrons. The zero-order valence-electron chi connectivity index (χ0n) is 14.6. The van der Waals surface area contributed by atoms with Crippen LogP contribution >= 0.6 is 0 Å². The van der Waals surface area contributed by atoms with Crippen molar-refractivity contribution in [1.29, 1.82) is 0 Å². The number of carboxylic acid groups (broad SMARTS) is 1. The maximum absolute atomic E-state index is 12.1. The fourth-order valence-electron chi connectivity index (χ4n) is 2.96. The molecule has 8 heteroatoms. The van der Waals surface area contributed by atoms with Crippen LogP contribution in [0.1, 0.15) is 50.0 Å². The number of ether oxygens (including phenoxy) is 1. The van der Waals surface area contributed by atoms with Gasteiger partial charge in [-0.25, -0.2) is 14.3 Å². The first kappa shape index (κ1) is 17.2. The van der Waals surface area contributed by atoms with Gasteiger partial charge in [-0.1, -0.05) is 5.21 Å². The number of nitrogens with zero attached hydrogens (tertiary/aromatic N) is 4. The third-order valence-electron chi connectivity index (χ3n) is 4.18. The van der Waals surface area contributed by atoms with Crippen molar-refractivity contribution in [3.05, 3.63) is 23.8 Å². The largest absolute Gasteiger partial charge is 0.478 e. The van der Waals surface area contributed by atoms with Crippen LogP contribution in [-0.4, -0.2) is 55.8 Å². The maximum Gasteiger partial charge on any atom is 0.410 e. The zero-order valence-corrected chi connectivity index (χ0v) is 14.6. The van der Waals surface area contributed by atoms with Crippen LogP contribution in [0.4, 0.5) is 4.79 Å². The van der Waals surface area contributed by atoms with Gasteiger partial charge in [0.2, 0.25) is 0 Å². The van der Waals surface area contributed by atoms with Crippen molar-refractivity contribution in [2.24, 2.45) is 0 Å². The summed E-state index contributed by atoms with van der Waals surface area (Å²) < 4.78 is 7.23. The molecule has 0 aliphatic carbocycles. The number of piperidine rings is 1. The van der Waals surface area contributed by atoms with Crippen LogP contribution in [0.15, 0.2) is 18.2 Å². The highest BCUT2D eigenvalue weighted by atomic mass is 16.6. The molecule has 1 aromatic heterocycles. The Balaban J connectivity index is 1.70. The molecule has 2 aromatic rings. The monoisotopic (exact) mass is 346 g/mol. The molecule has 0 saturated carbocycles. The number of aromatic carboxylic acids is 1. The lowest BCUT2D eigenvalue weighted by molar-refractivity contribution is 0.0185. The third kappa shape index (κ3) is 3.72. The molecule has 8 nitrogen and oxygen atoms in total. The van der Waals surface area contributed by atoms with Gasteiger partial charge in [-0.15, -0.1) is 5.10 Å². The molecular weight excluding hydrogens is 324 g/mol. The van der Waals surface area contributed by atoms with Gasteiger partial charge >= 0.3 is 12.1 Å². The summed E-state index contributed by atoms with van der Waals surface area (Å²) in [5, 5.41) is 17.3. The molecule has 1 aliphatic heterocycles. The van der Waals surface area contributed by atoms with Crippen molar-refractivity contribution < 1.29 is 19.4 Å². The van der Waals surface area contributed by atoms with Crippen molar-refractivity contribution in [3.8, 4) is 0 Å². The van der Waals surface area contributed by atoms with Gasteiger partial charge in [0.05, 0.1) is 17.1 Å². The van der Waals surface area contributed by atoms with E-state index in [9.17, 15) is 9.59 Å². The first-order chi connectivity index (χ1) is 11.7. The molecule has 1 fully saturated rings. The number of hydrogen-bond donors (Lipinski definition) is 1. The number of carbonyl (C=O) groups excluding carboxylic acids is 1. The van der Waals surface area contributed by atoms with Crippen LogP contribution in [0.25, 0.3) is 11.0 Å². The van der Waals surface area contributed by atoms with E-state index >= 15 is 0 Å². The normalized spacial score (nSPS) is 16.2. The highest BCUT2D eigenvalue weighted by Crippen LogP contribution is 2.26. The van der Waals surface area contributed by atoms with Crippen LogP contribution in [0.5, 0.6) is 0 Å². The van der Waals surface area contributed by atoms with Gasteiger partial charge in [-0.3, -0.25) is 0 Å². The first-order valence-electron chi connectivity index (χ1n) is 8.31. The Morgan fingerprint density at radius 1 is 1.24 bits per heavy atom. The van der Waals surface area contributed by atoms with E-state index in [1.807, 2.05) is 25.5 Å². The Morgan fingerprint density at radius 3 is 2.52 bits per heavy atom. The van der Waals surface area contributed by atoms with Crippen molar-refractivity contribution in [2.75, 3.05) is 13.1 Å². The van der Waals surface area contributed by atoms with Crippen molar-refractivity contribution in [2.45, 2.75) is 45.3 Å². The molecule has 0 atom stereocenters. The Morgan fingerprint density at radius 2 is 1.92 bits per heavy atom. The van der Waals surface area contributed by atoms with E-state index in [1.165, 1.54) is 6.07 Å². The molecule has 3 rings (SSSR count). The standard InChI is InChI=1S/C17H22N4O4/c1-17(2,3)25-16(24)20-8-6-12(7-9-20)21-14-5-4-11(15(22)23)10-13(14)18-19-21/h4-5,10,12H,6-9H2,1-3H3,(H,22,23). The smallest absolute Gasteiger partial charge is 0.410 e. The summed E-state index contributed by atoms with van der Waals surface area (Å²) >= 11 is 0. The first-order valence-corrected chi connectivity index (χ1v) is 8.31. The molecule has 1 aliphatic rings. The molecule has 2 heterocycles. The summed E-state index contributed by atoms with van der Waals surface area (Å²) in [4.78, 5) is 24.9. The molecule has 1 saturated heterocycles. The predicted octanol–water partition coefficient (Wildman–Crippen LogP) is 2.70. The zero-order chi connectivity index (χ0) is 18.2. The summed E-state index contributed by atoms with van der Waals surface area (Å²) in [5.74, 6) is -0.984. The Labute approximate surface area is 145 Å². The van der Waals surface area contributed by atoms with Gasteiger partial charge in [0.25, 0.3) is 0 Å². The highest BCUT2D eigenvalue weighted by molar-refractivity contribution is 5.92. The van der Waals surface area contributed by atoms with E-state index in [0.717, 1.165) is 18.4 Å². The van der Waals surface area contributed by atoms with Crippen LogP contribution in [-0.2, 0) is 4.74 Å². The SMILES string of the molecule is CC(C)(C)OC(=O)N1CCC(n2nnc3cc(C(=O)O)ccc32)CC1. The number of amides is 1. The topological polar surface area (TPSA) is 97.5 Å². The van der Waals surface area contributed by atoms with Gasteiger partial charge < -0.3 is 14.7 Å². The second kappa shape index (κ2) is 6.34. The fourth-order valence-corrected chi connectivity index (χ4v) is 2.96. The van der Waals surface area contributed by atoms with Gasteiger partial charge in [-0.2, -0.15) is 0 Å². The Hall–Kier alpha value is -2.64. The van der Waals surface area contributed by atoms with E-state index in [0.29, 0.717) is 18.6 Å². The second-order valence-electron chi connectivity index (χ2n) is 7.24. The van der Waals surface area contributed by atoms with E-state index in [-0.39, 0.29) is 17.7 Å². The molecule has 0 bridgehead atoms. The Kier molecular flexibility index (Phi) is 4.36. The summed E-state index contributed by atoms with van der Waals surface area (Å²) in [6.07, 6.45) is 1.21. The number of aromatic nitrogens is 3. The second-order valence-corrected chi connectivity index (χ2v) is 7.24. The number of carboxylic acids is 1. The van der Waals surface area contributed by atoms with E-state index in [2.05, 4.69) is 10.3 Å². The number of hydrogen-bond acceptors (Lipinski definition) is 5. The summed E-state index contributed by atoms with van der Waals surface area (Å²) in [6.45, 7) is 6.74. The maximum atomic E-state index is 12.1. The minimum Gasteiger partial charge on any atom is -0.478 e. The lowest BCUT2D eigenvalue weighted by Gasteiger charge is -2.33. The average Bonchev–Trinajstić information content (AvgIpc) is 2.96. The summed E-state index contributed by atoms with van der Waals surface area (Å²) in [6, 6.07) is 4.94.